The number of hydrogen-bond donors (Lipinski definition) is 1. The van der Waals surface area contributed by atoms with Crippen LogP contribution in [0.3, 0.4) is 0 Å². The minimum absolute atomic E-state index is 0.292. The Morgan fingerprint density at radius 2 is 2.00 bits per heavy atom. The van der Waals surface area contributed by atoms with Crippen molar-refractivity contribution in [2.24, 2.45) is 0 Å². The van der Waals surface area contributed by atoms with E-state index in [4.69, 9.17) is 0 Å². The van der Waals surface area contributed by atoms with Crippen molar-refractivity contribution in [3.8, 4) is 0 Å². The summed E-state index contributed by atoms with van der Waals surface area (Å²) in [4.78, 5) is 18.7. The summed E-state index contributed by atoms with van der Waals surface area (Å²) in [5.74, 6) is -0.292. The van der Waals surface area contributed by atoms with Crippen molar-refractivity contribution >= 4 is 17.7 Å². The lowest BCUT2D eigenvalue weighted by molar-refractivity contribution is -0.131. The fourth-order valence-corrected chi connectivity index (χ4v) is 2.84. The molecule has 0 radical (unpaired) electrons. The second-order valence-corrected chi connectivity index (χ2v) is 5.68. The zero-order valence-corrected chi connectivity index (χ0v) is 13.1. The second kappa shape index (κ2) is 6.34. The van der Waals surface area contributed by atoms with Gasteiger partial charge in [0.2, 0.25) is 0 Å². The Hall–Kier alpha value is -2.46. The van der Waals surface area contributed by atoms with Gasteiger partial charge in [0.25, 0.3) is 5.91 Å². The highest BCUT2D eigenvalue weighted by Gasteiger charge is 2.47. The summed E-state index contributed by atoms with van der Waals surface area (Å²) >= 11 is 0. The lowest BCUT2D eigenvalue weighted by atomic mass is 9.94. The van der Waals surface area contributed by atoms with E-state index in [9.17, 15) is 9.90 Å². The third-order valence-electron chi connectivity index (χ3n) is 4.10. The van der Waals surface area contributed by atoms with Crippen molar-refractivity contribution in [2.75, 3.05) is 11.4 Å². The number of benzene rings is 1. The molecule has 1 aliphatic rings. The highest BCUT2D eigenvalue weighted by molar-refractivity contribution is 6.08. The van der Waals surface area contributed by atoms with Crippen LogP contribution in [0.5, 0.6) is 0 Å². The summed E-state index contributed by atoms with van der Waals surface area (Å²) in [5, 5.41) is 11.0. The number of carbonyl (C=O) groups is 1. The van der Waals surface area contributed by atoms with E-state index >= 15 is 0 Å². The van der Waals surface area contributed by atoms with Gasteiger partial charge < -0.3 is 10.0 Å². The quantitative estimate of drug-likeness (QED) is 0.923. The number of aromatic nitrogens is 1. The van der Waals surface area contributed by atoms with Crippen molar-refractivity contribution in [3.63, 3.8) is 0 Å². The molecule has 118 valence electrons. The maximum atomic E-state index is 12.8. The van der Waals surface area contributed by atoms with Gasteiger partial charge in [-0.25, -0.2) is 0 Å². The highest BCUT2D eigenvalue weighted by atomic mass is 16.3. The number of pyridine rings is 1. The molecule has 1 aromatic carbocycles. The van der Waals surface area contributed by atoms with Gasteiger partial charge in [0, 0.05) is 18.3 Å². The third kappa shape index (κ3) is 2.78. The minimum Gasteiger partial charge on any atom is -0.372 e. The highest BCUT2D eigenvalue weighted by Crippen LogP contribution is 2.41. The van der Waals surface area contributed by atoms with Gasteiger partial charge in [-0.3, -0.25) is 9.78 Å². The van der Waals surface area contributed by atoms with Crippen LogP contribution in [0.25, 0.3) is 6.08 Å². The van der Waals surface area contributed by atoms with Crippen LogP contribution in [-0.4, -0.2) is 22.5 Å². The van der Waals surface area contributed by atoms with Crippen molar-refractivity contribution in [3.05, 3.63) is 66.0 Å². The van der Waals surface area contributed by atoms with Crippen LogP contribution >= 0.6 is 0 Å². The number of rotatable bonds is 5. The van der Waals surface area contributed by atoms with E-state index in [1.807, 2.05) is 42.5 Å². The van der Waals surface area contributed by atoms with E-state index < -0.39 is 5.60 Å². The Bertz CT molecular complexity index is 727. The molecule has 0 bridgehead atoms. The monoisotopic (exact) mass is 308 g/mol. The number of fused-ring (bicyclic) bond motifs is 1. The van der Waals surface area contributed by atoms with Gasteiger partial charge in [0.05, 0.1) is 11.4 Å². The number of nitrogens with zero attached hydrogens (tertiary/aromatic N) is 2. The molecule has 0 saturated heterocycles. The summed E-state index contributed by atoms with van der Waals surface area (Å²) in [5.41, 5.74) is 0.507. The largest absolute Gasteiger partial charge is 0.372 e. The van der Waals surface area contributed by atoms with Gasteiger partial charge >= 0.3 is 0 Å². The SMILES string of the molecule is CCCCN1C(=O)C(O)(C=Cc2ccccn2)c2ccccc21. The fourth-order valence-electron chi connectivity index (χ4n) is 2.84. The number of unbranched alkanes of at least 4 members (excludes halogenated alkanes) is 1. The maximum absolute atomic E-state index is 12.8. The average molecular weight is 308 g/mol. The van der Waals surface area contributed by atoms with Crippen LogP contribution in [-0.2, 0) is 10.4 Å². The summed E-state index contributed by atoms with van der Waals surface area (Å²) < 4.78 is 0. The summed E-state index contributed by atoms with van der Waals surface area (Å²) in [7, 11) is 0. The third-order valence-corrected chi connectivity index (χ3v) is 4.10. The van der Waals surface area contributed by atoms with E-state index in [-0.39, 0.29) is 5.91 Å². The Labute approximate surface area is 136 Å². The zero-order valence-electron chi connectivity index (χ0n) is 13.1. The molecule has 4 heteroatoms. The molecule has 1 unspecified atom stereocenters. The molecule has 1 amide bonds. The van der Waals surface area contributed by atoms with Gasteiger partial charge in [0.15, 0.2) is 5.60 Å². The number of hydrogen-bond acceptors (Lipinski definition) is 3. The topological polar surface area (TPSA) is 53.4 Å². The Balaban J connectivity index is 1.98. The first-order valence-corrected chi connectivity index (χ1v) is 7.91. The Kier molecular flexibility index (Phi) is 4.26. The van der Waals surface area contributed by atoms with Crippen molar-refractivity contribution < 1.29 is 9.90 Å². The summed E-state index contributed by atoms with van der Waals surface area (Å²) in [6.45, 7) is 2.70. The standard InChI is InChI=1S/C19H20N2O2/c1-2-3-14-21-17-10-5-4-9-16(17)19(23,18(21)22)12-11-15-8-6-7-13-20-15/h4-13,23H,2-3,14H2,1H3. The average Bonchev–Trinajstić information content (AvgIpc) is 2.81. The van der Waals surface area contributed by atoms with Crippen LogP contribution in [0, 0.1) is 0 Å². The molecule has 1 atom stereocenters. The Morgan fingerprint density at radius 1 is 1.22 bits per heavy atom. The lowest BCUT2D eigenvalue weighted by Crippen LogP contribution is -2.39. The second-order valence-electron chi connectivity index (χ2n) is 5.68. The van der Waals surface area contributed by atoms with Crippen LogP contribution in [0.15, 0.2) is 54.7 Å². The molecule has 2 heterocycles. The first-order valence-electron chi connectivity index (χ1n) is 7.91. The van der Waals surface area contributed by atoms with Crippen molar-refractivity contribution in [1.82, 2.24) is 4.98 Å². The van der Waals surface area contributed by atoms with Crippen LogP contribution < -0.4 is 4.90 Å². The molecule has 1 N–H and O–H groups in total. The molecule has 3 rings (SSSR count). The van der Waals surface area contributed by atoms with Gasteiger partial charge in [-0.2, -0.15) is 0 Å². The smallest absolute Gasteiger partial charge is 0.267 e. The van der Waals surface area contributed by atoms with Gasteiger partial charge in [-0.1, -0.05) is 37.6 Å². The molecule has 0 spiro atoms. The molecular formula is C19H20N2O2. The number of carbonyl (C=O) groups excluding carboxylic acids is 1. The van der Waals surface area contributed by atoms with Crippen LogP contribution in [0.2, 0.25) is 0 Å². The van der Waals surface area contributed by atoms with Gasteiger partial charge in [-0.05, 0) is 36.8 Å². The molecule has 1 aromatic heterocycles. The predicted molar refractivity (Wildman–Crippen MR) is 90.9 cm³/mol. The molecule has 0 aliphatic carbocycles. The number of anilines is 1. The van der Waals surface area contributed by atoms with Crippen LogP contribution in [0.1, 0.15) is 31.0 Å². The molecule has 0 fully saturated rings. The maximum Gasteiger partial charge on any atom is 0.267 e. The molecule has 2 aromatic rings. The minimum atomic E-state index is -1.62. The molecular weight excluding hydrogens is 288 g/mol. The Morgan fingerprint density at radius 3 is 2.74 bits per heavy atom. The van der Waals surface area contributed by atoms with Crippen molar-refractivity contribution in [1.29, 1.82) is 0 Å². The van der Waals surface area contributed by atoms with Crippen molar-refractivity contribution in [2.45, 2.75) is 25.4 Å². The van der Waals surface area contributed by atoms with E-state index in [0.717, 1.165) is 18.5 Å². The van der Waals surface area contributed by atoms with Gasteiger partial charge in [-0.15, -0.1) is 0 Å². The zero-order chi connectivity index (χ0) is 16.3. The van der Waals surface area contributed by atoms with E-state index in [1.165, 1.54) is 0 Å². The summed E-state index contributed by atoms with van der Waals surface area (Å²) in [6, 6.07) is 13.0. The van der Waals surface area contributed by atoms with E-state index in [0.29, 0.717) is 17.8 Å². The number of para-hydroxylation sites is 1. The fraction of sp³-hybridized carbons (Fsp3) is 0.263. The van der Waals surface area contributed by atoms with Crippen LogP contribution in [0.4, 0.5) is 5.69 Å². The number of aliphatic hydroxyl groups is 1. The molecule has 0 saturated carbocycles. The molecule has 23 heavy (non-hydrogen) atoms. The first-order chi connectivity index (χ1) is 11.2. The van der Waals surface area contributed by atoms with E-state index in [2.05, 4.69) is 11.9 Å². The van der Waals surface area contributed by atoms with E-state index in [1.54, 1.807) is 23.2 Å². The molecule has 4 nitrogen and oxygen atoms in total. The number of amides is 1. The summed E-state index contributed by atoms with van der Waals surface area (Å²) in [6.07, 6.45) is 6.82. The molecule has 1 aliphatic heterocycles. The lowest BCUT2D eigenvalue weighted by Gasteiger charge is -2.20. The first kappa shape index (κ1) is 15.4. The van der Waals surface area contributed by atoms with Gasteiger partial charge in [0.1, 0.15) is 0 Å². The normalized spacial score (nSPS) is 20.3. The predicted octanol–water partition coefficient (Wildman–Crippen LogP) is 3.13.